The zero-order valence-corrected chi connectivity index (χ0v) is 12.2. The molecule has 0 aliphatic rings. The number of quaternary nitrogens is 1. The van der Waals surface area contributed by atoms with Crippen molar-refractivity contribution in [1.82, 2.24) is 5.32 Å². The molecule has 15 heavy (non-hydrogen) atoms. The van der Waals surface area contributed by atoms with E-state index in [1.165, 1.54) is 25.5 Å². The summed E-state index contributed by atoms with van der Waals surface area (Å²) in [4.78, 5) is 10.8. The predicted molar refractivity (Wildman–Crippen MR) is 60.0 cm³/mol. The van der Waals surface area contributed by atoms with E-state index in [-0.39, 0.29) is 29.9 Å². The fourth-order valence-electron chi connectivity index (χ4n) is 1.17. The van der Waals surface area contributed by atoms with Gasteiger partial charge in [0.25, 0.3) is 0 Å². The molecular weight excluding hydrogens is 303 g/mol. The molecule has 0 radical (unpaired) electrons. The first-order valence-corrected chi connectivity index (χ1v) is 5.16. The highest BCUT2D eigenvalue weighted by atomic mass is 127. The maximum absolute atomic E-state index is 10.8. The van der Waals surface area contributed by atoms with Crippen LogP contribution in [-0.4, -0.2) is 44.6 Å². The molecule has 0 aromatic carbocycles. The summed E-state index contributed by atoms with van der Waals surface area (Å²) in [6, 6.07) is 0. The van der Waals surface area contributed by atoms with Crippen LogP contribution in [0.3, 0.4) is 0 Å². The van der Waals surface area contributed by atoms with Gasteiger partial charge < -0.3 is 33.8 Å². The van der Waals surface area contributed by atoms with Gasteiger partial charge in [-0.05, 0) is 25.3 Å². The normalized spacial score (nSPS) is 10.3. The van der Waals surface area contributed by atoms with Crippen molar-refractivity contribution in [3.63, 3.8) is 0 Å². The number of hydrogen-bond donors (Lipinski definition) is 1. The van der Waals surface area contributed by atoms with E-state index < -0.39 is 0 Å². The molecular formula is C11H23IN2O. The lowest BCUT2D eigenvalue weighted by Crippen LogP contribution is -3.00. The lowest BCUT2D eigenvalue weighted by atomic mass is 10.2. The molecule has 0 aliphatic heterocycles. The molecule has 0 saturated carbocycles. The average molecular weight is 326 g/mol. The van der Waals surface area contributed by atoms with Gasteiger partial charge in [0, 0.05) is 6.54 Å². The molecule has 0 unspecified atom stereocenters. The molecule has 0 aliphatic carbocycles. The molecule has 0 aromatic rings. The Bertz CT molecular complexity index is 188. The van der Waals surface area contributed by atoms with Crippen molar-refractivity contribution in [2.75, 3.05) is 34.2 Å². The van der Waals surface area contributed by atoms with Gasteiger partial charge in [-0.15, -0.1) is 0 Å². The Morgan fingerprint density at radius 1 is 1.27 bits per heavy atom. The Balaban J connectivity index is 0. The number of rotatable bonds is 7. The maximum atomic E-state index is 10.8. The molecule has 4 heteroatoms. The number of amides is 1. The monoisotopic (exact) mass is 326 g/mol. The van der Waals surface area contributed by atoms with E-state index in [4.69, 9.17) is 0 Å². The third kappa shape index (κ3) is 13.9. The smallest absolute Gasteiger partial charge is 0.243 e. The summed E-state index contributed by atoms with van der Waals surface area (Å²) in [6.07, 6.45) is 4.76. The topological polar surface area (TPSA) is 29.1 Å². The summed E-state index contributed by atoms with van der Waals surface area (Å²) in [5, 5.41) is 2.77. The lowest BCUT2D eigenvalue weighted by Gasteiger charge is -2.23. The Morgan fingerprint density at radius 2 is 1.87 bits per heavy atom. The van der Waals surface area contributed by atoms with Gasteiger partial charge in [0.15, 0.2) is 0 Å². The number of carbonyl (C=O) groups is 1. The maximum Gasteiger partial charge on any atom is 0.243 e. The van der Waals surface area contributed by atoms with Gasteiger partial charge in [-0.2, -0.15) is 0 Å². The molecule has 0 bridgehead atoms. The summed E-state index contributed by atoms with van der Waals surface area (Å²) >= 11 is 0. The van der Waals surface area contributed by atoms with Gasteiger partial charge in [0.05, 0.1) is 27.7 Å². The van der Waals surface area contributed by atoms with Gasteiger partial charge in [-0.25, -0.2) is 0 Å². The number of nitrogens with zero attached hydrogens (tertiary/aromatic N) is 1. The standard InChI is InChI=1S/C11H22N2O.HI/c1-5-11(14)12-9-7-6-8-10-13(2,3)4;/h5H,1,6-10H2,2-4H3;1H. The minimum atomic E-state index is -0.0726. The van der Waals surface area contributed by atoms with Crippen molar-refractivity contribution in [3.8, 4) is 0 Å². The van der Waals surface area contributed by atoms with Crippen LogP contribution < -0.4 is 29.3 Å². The number of carbonyl (C=O) groups excluding carboxylic acids is 1. The minimum Gasteiger partial charge on any atom is -1.00 e. The number of nitrogens with one attached hydrogen (secondary N) is 1. The fourth-order valence-corrected chi connectivity index (χ4v) is 1.17. The van der Waals surface area contributed by atoms with Gasteiger partial charge in [0.2, 0.25) is 5.91 Å². The summed E-state index contributed by atoms with van der Waals surface area (Å²) < 4.78 is 1.01. The highest BCUT2D eigenvalue weighted by Gasteiger charge is 2.04. The second-order valence-corrected chi connectivity index (χ2v) is 4.57. The number of hydrogen-bond acceptors (Lipinski definition) is 1. The molecule has 0 saturated heterocycles. The molecule has 0 rings (SSSR count). The molecule has 0 atom stereocenters. The van der Waals surface area contributed by atoms with Crippen molar-refractivity contribution in [3.05, 3.63) is 12.7 Å². The van der Waals surface area contributed by atoms with Crippen LogP contribution in [0.25, 0.3) is 0 Å². The SMILES string of the molecule is C=CC(=O)NCCCCC[N+](C)(C)C.[I-]. The van der Waals surface area contributed by atoms with E-state index in [0.717, 1.165) is 17.4 Å². The van der Waals surface area contributed by atoms with Crippen LogP contribution in [-0.2, 0) is 4.79 Å². The lowest BCUT2D eigenvalue weighted by molar-refractivity contribution is -0.870. The Hall–Kier alpha value is -0.100. The van der Waals surface area contributed by atoms with Crippen LogP contribution in [0, 0.1) is 0 Å². The van der Waals surface area contributed by atoms with Crippen LogP contribution in [0.1, 0.15) is 19.3 Å². The van der Waals surface area contributed by atoms with E-state index in [1.54, 1.807) is 0 Å². The van der Waals surface area contributed by atoms with Gasteiger partial charge in [-0.3, -0.25) is 4.79 Å². The van der Waals surface area contributed by atoms with E-state index in [1.807, 2.05) is 0 Å². The first-order valence-electron chi connectivity index (χ1n) is 5.16. The number of unbranched alkanes of at least 4 members (excludes halogenated alkanes) is 2. The third-order valence-electron chi connectivity index (χ3n) is 1.99. The highest BCUT2D eigenvalue weighted by Crippen LogP contribution is 1.99. The summed E-state index contributed by atoms with van der Waals surface area (Å²) in [7, 11) is 6.58. The Labute approximate surface area is 111 Å². The van der Waals surface area contributed by atoms with Crippen LogP contribution in [0.4, 0.5) is 0 Å². The molecule has 1 amide bonds. The predicted octanol–water partition coefficient (Wildman–Crippen LogP) is -1.83. The van der Waals surface area contributed by atoms with Crippen LogP contribution in [0.15, 0.2) is 12.7 Å². The summed E-state index contributed by atoms with van der Waals surface area (Å²) in [6.45, 7) is 5.35. The average Bonchev–Trinajstić information content (AvgIpc) is 2.08. The zero-order chi connectivity index (χ0) is 11.0. The third-order valence-corrected chi connectivity index (χ3v) is 1.99. The zero-order valence-electron chi connectivity index (χ0n) is 10.1. The fraction of sp³-hybridized carbons (Fsp3) is 0.727. The summed E-state index contributed by atoms with van der Waals surface area (Å²) in [5.41, 5.74) is 0. The number of halogens is 1. The minimum absolute atomic E-state index is 0. The highest BCUT2D eigenvalue weighted by molar-refractivity contribution is 5.86. The molecule has 90 valence electrons. The second-order valence-electron chi connectivity index (χ2n) is 4.57. The second kappa shape index (κ2) is 9.15. The van der Waals surface area contributed by atoms with Crippen LogP contribution >= 0.6 is 0 Å². The van der Waals surface area contributed by atoms with Crippen molar-refractivity contribution >= 4 is 5.91 Å². The molecule has 0 fully saturated rings. The largest absolute Gasteiger partial charge is 1.00 e. The molecule has 0 spiro atoms. The van der Waals surface area contributed by atoms with Crippen LogP contribution in [0.5, 0.6) is 0 Å². The van der Waals surface area contributed by atoms with E-state index in [2.05, 4.69) is 33.0 Å². The van der Waals surface area contributed by atoms with Crippen molar-refractivity contribution in [1.29, 1.82) is 0 Å². The van der Waals surface area contributed by atoms with E-state index in [9.17, 15) is 4.79 Å². The molecule has 0 heterocycles. The summed E-state index contributed by atoms with van der Waals surface area (Å²) in [5.74, 6) is -0.0726. The molecule has 0 aromatic heterocycles. The van der Waals surface area contributed by atoms with Gasteiger partial charge in [0.1, 0.15) is 0 Å². The first-order chi connectivity index (χ1) is 6.45. The quantitative estimate of drug-likeness (QED) is 0.254. The van der Waals surface area contributed by atoms with Crippen molar-refractivity contribution in [2.45, 2.75) is 19.3 Å². The Morgan fingerprint density at radius 3 is 2.33 bits per heavy atom. The van der Waals surface area contributed by atoms with Gasteiger partial charge in [-0.1, -0.05) is 6.58 Å². The molecule has 3 nitrogen and oxygen atoms in total. The van der Waals surface area contributed by atoms with E-state index in [0.29, 0.717) is 0 Å². The van der Waals surface area contributed by atoms with Gasteiger partial charge >= 0.3 is 0 Å². The Kier molecular flexibility index (Phi) is 10.6. The van der Waals surface area contributed by atoms with Crippen LogP contribution in [0.2, 0.25) is 0 Å². The van der Waals surface area contributed by atoms with E-state index >= 15 is 0 Å². The van der Waals surface area contributed by atoms with Crippen molar-refractivity contribution < 1.29 is 33.3 Å². The molecule has 1 N–H and O–H groups in total. The van der Waals surface area contributed by atoms with Crippen molar-refractivity contribution in [2.24, 2.45) is 0 Å². The first kappa shape index (κ1) is 17.3.